The average Bonchev–Trinajstić information content (AvgIpc) is 3.38. The molecule has 0 aliphatic heterocycles. The van der Waals surface area contributed by atoms with Gasteiger partial charge in [-0.3, -0.25) is 9.67 Å². The van der Waals surface area contributed by atoms with E-state index in [-0.39, 0.29) is 30.1 Å². The fraction of sp³-hybridized carbons (Fsp3) is 0.273. The van der Waals surface area contributed by atoms with Crippen molar-refractivity contribution in [2.75, 3.05) is 20.8 Å². The van der Waals surface area contributed by atoms with Crippen molar-refractivity contribution in [2.24, 2.45) is 0 Å². The predicted molar refractivity (Wildman–Crippen MR) is 107 cm³/mol. The SMILES string of the molecule is COc1cc(OC)c(F)c(CC2=CCc3ncc(-c4cnn(CCO)c4)cc32)c1F. The van der Waals surface area contributed by atoms with E-state index in [1.807, 2.05) is 18.3 Å². The Balaban J connectivity index is 1.68. The molecule has 0 atom stereocenters. The topological polar surface area (TPSA) is 69.4 Å². The second-order valence-electron chi connectivity index (χ2n) is 6.93. The van der Waals surface area contributed by atoms with Gasteiger partial charge in [0.1, 0.15) is 0 Å². The van der Waals surface area contributed by atoms with Crippen molar-refractivity contribution in [2.45, 2.75) is 19.4 Å². The van der Waals surface area contributed by atoms with Crippen LogP contribution < -0.4 is 9.47 Å². The van der Waals surface area contributed by atoms with Crippen LogP contribution in [0.15, 0.2) is 36.8 Å². The van der Waals surface area contributed by atoms with Gasteiger partial charge in [0.15, 0.2) is 23.1 Å². The van der Waals surface area contributed by atoms with Crippen LogP contribution in [-0.2, 0) is 19.4 Å². The van der Waals surface area contributed by atoms with Gasteiger partial charge in [0.05, 0.1) is 39.3 Å². The highest BCUT2D eigenvalue weighted by Crippen LogP contribution is 2.37. The lowest BCUT2D eigenvalue weighted by molar-refractivity contribution is 0.269. The molecule has 0 saturated carbocycles. The number of aliphatic hydroxyl groups excluding tert-OH is 1. The van der Waals surface area contributed by atoms with Crippen molar-refractivity contribution >= 4 is 5.57 Å². The molecule has 1 aromatic carbocycles. The summed E-state index contributed by atoms with van der Waals surface area (Å²) in [5.41, 5.74) is 4.08. The van der Waals surface area contributed by atoms with E-state index in [9.17, 15) is 8.78 Å². The third-order valence-electron chi connectivity index (χ3n) is 5.19. The Morgan fingerprint density at radius 2 is 1.80 bits per heavy atom. The summed E-state index contributed by atoms with van der Waals surface area (Å²) in [6.45, 7) is 0.400. The Bertz CT molecular complexity index is 1100. The molecule has 0 bridgehead atoms. The van der Waals surface area contributed by atoms with Crippen LogP contribution >= 0.6 is 0 Å². The van der Waals surface area contributed by atoms with Gasteiger partial charge in [-0.25, -0.2) is 8.78 Å². The number of aliphatic hydroxyl groups is 1. The number of nitrogens with zero attached hydrogens (tertiary/aromatic N) is 3. The van der Waals surface area contributed by atoms with E-state index in [2.05, 4.69) is 10.1 Å². The number of pyridine rings is 1. The molecular weight excluding hydrogens is 392 g/mol. The van der Waals surface area contributed by atoms with Crippen LogP contribution in [0.2, 0.25) is 0 Å². The average molecular weight is 413 g/mol. The van der Waals surface area contributed by atoms with Gasteiger partial charge in [0.25, 0.3) is 0 Å². The number of fused-ring (bicyclic) bond motifs is 1. The van der Waals surface area contributed by atoms with Crippen LogP contribution in [0.5, 0.6) is 11.5 Å². The number of ether oxygens (including phenoxy) is 2. The number of halogens is 2. The number of hydrogen-bond acceptors (Lipinski definition) is 5. The van der Waals surface area contributed by atoms with E-state index in [1.165, 1.54) is 20.3 Å². The largest absolute Gasteiger partial charge is 0.494 e. The number of methoxy groups -OCH3 is 2. The first-order valence-electron chi connectivity index (χ1n) is 9.46. The molecule has 2 heterocycles. The molecule has 1 aliphatic carbocycles. The molecule has 8 heteroatoms. The summed E-state index contributed by atoms with van der Waals surface area (Å²) in [7, 11) is 2.66. The van der Waals surface area contributed by atoms with Gasteiger partial charge in [0.2, 0.25) is 0 Å². The van der Waals surface area contributed by atoms with Crippen LogP contribution in [0.1, 0.15) is 16.8 Å². The molecule has 0 amide bonds. The molecule has 0 radical (unpaired) electrons. The van der Waals surface area contributed by atoms with Crippen molar-refractivity contribution in [1.82, 2.24) is 14.8 Å². The summed E-state index contributed by atoms with van der Waals surface area (Å²) in [4.78, 5) is 4.52. The summed E-state index contributed by atoms with van der Waals surface area (Å²) in [6, 6.07) is 3.16. The minimum absolute atomic E-state index is 0.00241. The van der Waals surface area contributed by atoms with Gasteiger partial charge in [-0.15, -0.1) is 0 Å². The maximum atomic E-state index is 14.8. The Kier molecular flexibility index (Phi) is 5.50. The normalized spacial score (nSPS) is 12.6. The standard InChI is InChI=1S/C22H21F2N3O3/c1-29-19-9-20(30-2)22(24)17(21(19)23)7-13-3-4-18-16(13)8-14(10-25-18)15-11-26-27(12-15)5-6-28/h3,8-12,28H,4-7H2,1-2H3. The van der Waals surface area contributed by atoms with Crippen molar-refractivity contribution in [1.29, 1.82) is 0 Å². The van der Waals surface area contributed by atoms with Crippen LogP contribution in [-0.4, -0.2) is 40.7 Å². The van der Waals surface area contributed by atoms with Gasteiger partial charge in [-0.1, -0.05) is 6.08 Å². The zero-order chi connectivity index (χ0) is 21.3. The molecule has 1 aliphatic rings. The Morgan fingerprint density at radius 1 is 1.07 bits per heavy atom. The lowest BCUT2D eigenvalue weighted by atomic mass is 9.97. The molecule has 2 aromatic heterocycles. The van der Waals surface area contributed by atoms with Crippen molar-refractivity contribution in [3.05, 3.63) is 65.3 Å². The molecule has 0 unspecified atom stereocenters. The molecule has 1 N–H and O–H groups in total. The number of hydrogen-bond donors (Lipinski definition) is 1. The number of benzene rings is 1. The fourth-order valence-electron chi connectivity index (χ4n) is 3.61. The Hall–Kier alpha value is -3.26. The first-order chi connectivity index (χ1) is 14.5. The third-order valence-corrected chi connectivity index (χ3v) is 5.19. The van der Waals surface area contributed by atoms with Crippen molar-refractivity contribution < 1.29 is 23.4 Å². The van der Waals surface area contributed by atoms with E-state index in [1.54, 1.807) is 17.1 Å². The van der Waals surface area contributed by atoms with Gasteiger partial charge < -0.3 is 14.6 Å². The van der Waals surface area contributed by atoms with E-state index >= 15 is 0 Å². The lowest BCUT2D eigenvalue weighted by Gasteiger charge is -2.14. The van der Waals surface area contributed by atoms with Crippen LogP contribution in [0.25, 0.3) is 16.7 Å². The molecule has 0 fully saturated rings. The van der Waals surface area contributed by atoms with E-state index in [0.717, 1.165) is 28.0 Å². The van der Waals surface area contributed by atoms with Gasteiger partial charge in [0, 0.05) is 53.6 Å². The maximum absolute atomic E-state index is 14.8. The third kappa shape index (κ3) is 3.54. The lowest BCUT2D eigenvalue weighted by Crippen LogP contribution is -2.03. The summed E-state index contributed by atoms with van der Waals surface area (Å²) in [5.74, 6) is -1.60. The monoisotopic (exact) mass is 413 g/mol. The van der Waals surface area contributed by atoms with Crippen LogP contribution in [0.4, 0.5) is 8.78 Å². The van der Waals surface area contributed by atoms with Crippen LogP contribution in [0.3, 0.4) is 0 Å². The number of rotatable bonds is 7. The molecule has 0 saturated heterocycles. The van der Waals surface area contributed by atoms with E-state index in [4.69, 9.17) is 14.6 Å². The Morgan fingerprint density at radius 3 is 2.47 bits per heavy atom. The quantitative estimate of drug-likeness (QED) is 0.643. The Labute approximate surface area is 172 Å². The van der Waals surface area contributed by atoms with Crippen molar-refractivity contribution in [3.8, 4) is 22.6 Å². The van der Waals surface area contributed by atoms with E-state index in [0.29, 0.717) is 13.0 Å². The highest BCUT2D eigenvalue weighted by molar-refractivity contribution is 5.77. The molecule has 4 rings (SSSR count). The number of allylic oxidation sites excluding steroid dienone is 2. The zero-order valence-electron chi connectivity index (χ0n) is 16.7. The highest BCUT2D eigenvalue weighted by Gasteiger charge is 2.24. The molecule has 156 valence electrons. The predicted octanol–water partition coefficient (Wildman–Crippen LogP) is 3.42. The molecule has 3 aromatic rings. The molecule has 6 nitrogen and oxygen atoms in total. The van der Waals surface area contributed by atoms with Crippen molar-refractivity contribution in [3.63, 3.8) is 0 Å². The number of aromatic nitrogens is 3. The first-order valence-corrected chi connectivity index (χ1v) is 9.46. The second-order valence-corrected chi connectivity index (χ2v) is 6.93. The molecular formula is C22H21F2N3O3. The van der Waals surface area contributed by atoms with Gasteiger partial charge in [-0.2, -0.15) is 5.10 Å². The summed E-state index contributed by atoms with van der Waals surface area (Å²) in [6.07, 6.45) is 7.85. The molecule has 30 heavy (non-hydrogen) atoms. The molecule has 0 spiro atoms. The smallest absolute Gasteiger partial charge is 0.171 e. The minimum Gasteiger partial charge on any atom is -0.494 e. The highest BCUT2D eigenvalue weighted by atomic mass is 19.1. The zero-order valence-corrected chi connectivity index (χ0v) is 16.7. The maximum Gasteiger partial charge on any atom is 0.171 e. The summed E-state index contributed by atoms with van der Waals surface area (Å²) >= 11 is 0. The first kappa shape index (κ1) is 20.0. The summed E-state index contributed by atoms with van der Waals surface area (Å²) < 4.78 is 41.3. The van der Waals surface area contributed by atoms with Crippen LogP contribution in [0, 0.1) is 11.6 Å². The van der Waals surface area contributed by atoms with Gasteiger partial charge >= 0.3 is 0 Å². The van der Waals surface area contributed by atoms with Gasteiger partial charge in [-0.05, 0) is 11.6 Å². The fourth-order valence-corrected chi connectivity index (χ4v) is 3.61. The van der Waals surface area contributed by atoms with E-state index < -0.39 is 11.6 Å². The second kappa shape index (κ2) is 8.23. The summed E-state index contributed by atoms with van der Waals surface area (Å²) in [5, 5.41) is 13.3. The minimum atomic E-state index is -0.737.